The fraction of sp³-hybridized carbons (Fsp3) is 0.471. The molecule has 0 saturated heterocycles. The van der Waals surface area contributed by atoms with Gasteiger partial charge in [-0.1, -0.05) is 32.9 Å². The first kappa shape index (κ1) is 18.7. The lowest BCUT2D eigenvalue weighted by Gasteiger charge is -2.23. The molecule has 126 valence electrons. The zero-order valence-electron chi connectivity index (χ0n) is 14.1. The van der Waals surface area contributed by atoms with Gasteiger partial charge in [0.25, 0.3) is 0 Å². The summed E-state index contributed by atoms with van der Waals surface area (Å²) in [6, 6.07) is 7.34. The minimum absolute atomic E-state index is 0.0697. The first-order valence-electron chi connectivity index (χ1n) is 7.57. The average molecular weight is 320 g/mol. The summed E-state index contributed by atoms with van der Waals surface area (Å²) in [5, 5.41) is 4.72. The second-order valence-corrected chi connectivity index (χ2v) is 5.92. The summed E-state index contributed by atoms with van der Waals surface area (Å²) >= 11 is 0. The Bertz CT molecular complexity index is 564. The van der Waals surface area contributed by atoms with Crippen molar-refractivity contribution < 1.29 is 19.1 Å². The number of rotatable bonds is 7. The van der Waals surface area contributed by atoms with Crippen LogP contribution < -0.4 is 15.4 Å². The van der Waals surface area contributed by atoms with Crippen LogP contribution in [0.15, 0.2) is 24.3 Å². The maximum Gasteiger partial charge on any atom is 0.330 e. The van der Waals surface area contributed by atoms with Gasteiger partial charge in [-0.25, -0.2) is 4.79 Å². The third-order valence-corrected chi connectivity index (χ3v) is 3.68. The van der Waals surface area contributed by atoms with Crippen LogP contribution in [0.1, 0.15) is 39.7 Å². The number of esters is 1. The Labute approximate surface area is 136 Å². The van der Waals surface area contributed by atoms with Crippen LogP contribution in [0.3, 0.4) is 0 Å². The van der Waals surface area contributed by atoms with E-state index < -0.39 is 11.9 Å². The lowest BCUT2D eigenvalue weighted by Crippen LogP contribution is -2.39. The van der Waals surface area contributed by atoms with Gasteiger partial charge in [-0.2, -0.15) is 0 Å². The molecular weight excluding hydrogens is 296 g/mol. The Balaban J connectivity index is 2.46. The van der Waals surface area contributed by atoms with Crippen molar-refractivity contribution in [1.29, 1.82) is 0 Å². The molecule has 6 nitrogen and oxygen atoms in total. The largest absolute Gasteiger partial charge is 0.425 e. The van der Waals surface area contributed by atoms with Crippen molar-refractivity contribution in [3.8, 4) is 5.75 Å². The van der Waals surface area contributed by atoms with Gasteiger partial charge in [-0.05, 0) is 29.5 Å². The number of amides is 2. The van der Waals surface area contributed by atoms with Gasteiger partial charge < -0.3 is 15.4 Å². The Hall–Kier alpha value is -2.37. The average Bonchev–Trinajstić information content (AvgIpc) is 2.51. The van der Waals surface area contributed by atoms with Crippen LogP contribution in [0.2, 0.25) is 0 Å². The first-order valence-corrected chi connectivity index (χ1v) is 7.57. The number of carbonyl (C=O) groups excluding carboxylic acids is 3. The highest BCUT2D eigenvalue weighted by molar-refractivity contribution is 5.86. The number of nitrogens with one attached hydrogen (secondary N) is 2. The summed E-state index contributed by atoms with van der Waals surface area (Å²) in [7, 11) is 0. The lowest BCUT2D eigenvalue weighted by atomic mass is 9.82. The molecule has 0 aromatic heterocycles. The fourth-order valence-electron chi connectivity index (χ4n) is 1.78. The molecule has 0 bridgehead atoms. The zero-order chi connectivity index (χ0) is 17.5. The van der Waals surface area contributed by atoms with E-state index in [1.807, 2.05) is 12.1 Å². The van der Waals surface area contributed by atoms with E-state index in [1.165, 1.54) is 12.5 Å². The summed E-state index contributed by atoms with van der Waals surface area (Å²) in [6.45, 7) is 7.32. The van der Waals surface area contributed by atoms with Crippen LogP contribution in [-0.4, -0.2) is 30.9 Å². The number of benzene rings is 1. The van der Waals surface area contributed by atoms with Gasteiger partial charge in [-0.15, -0.1) is 0 Å². The molecule has 0 spiro atoms. The predicted octanol–water partition coefficient (Wildman–Crippen LogP) is 1.53. The minimum atomic E-state index is -0.566. The van der Waals surface area contributed by atoms with Crippen LogP contribution in [0, 0.1) is 0 Å². The monoisotopic (exact) mass is 320 g/mol. The Kier molecular flexibility index (Phi) is 6.75. The molecule has 0 unspecified atom stereocenters. The number of ether oxygens (including phenoxy) is 1. The zero-order valence-corrected chi connectivity index (χ0v) is 14.1. The molecule has 2 amide bonds. The molecule has 0 radical (unpaired) electrons. The molecule has 1 aromatic carbocycles. The molecule has 0 saturated carbocycles. The molecule has 1 aromatic rings. The highest BCUT2D eigenvalue weighted by Gasteiger charge is 2.18. The van der Waals surface area contributed by atoms with Crippen LogP contribution in [0.25, 0.3) is 0 Å². The third-order valence-electron chi connectivity index (χ3n) is 3.68. The number of hydrogen-bond acceptors (Lipinski definition) is 4. The molecule has 0 aliphatic carbocycles. The van der Waals surface area contributed by atoms with E-state index in [2.05, 4.69) is 31.4 Å². The smallest absolute Gasteiger partial charge is 0.330 e. The molecule has 6 heteroatoms. The van der Waals surface area contributed by atoms with Gasteiger partial charge in [-0.3, -0.25) is 9.59 Å². The molecule has 1 rings (SSSR count). The van der Waals surface area contributed by atoms with Crippen molar-refractivity contribution in [3.05, 3.63) is 29.8 Å². The standard InChI is InChI=1S/C17H24N2O4/c1-5-17(3,4)13-6-8-14(9-7-13)23-16(22)11-19-15(21)10-18-12(2)20/h6-9H,5,10-11H2,1-4H3,(H,18,20)(H,19,21). The SMILES string of the molecule is CCC(C)(C)c1ccc(OC(=O)CNC(=O)CNC(C)=O)cc1. The topological polar surface area (TPSA) is 84.5 Å². The Morgan fingerprint density at radius 1 is 1.04 bits per heavy atom. The van der Waals surface area contributed by atoms with Crippen molar-refractivity contribution in [2.75, 3.05) is 13.1 Å². The second-order valence-electron chi connectivity index (χ2n) is 5.92. The third kappa shape index (κ3) is 6.50. The van der Waals surface area contributed by atoms with Crippen molar-refractivity contribution in [2.24, 2.45) is 0 Å². The molecule has 0 aliphatic heterocycles. The molecule has 2 N–H and O–H groups in total. The maximum absolute atomic E-state index is 11.7. The van der Waals surface area contributed by atoms with E-state index in [-0.39, 0.29) is 24.4 Å². The van der Waals surface area contributed by atoms with E-state index in [4.69, 9.17) is 4.74 Å². The normalized spacial score (nSPS) is 10.8. The number of hydrogen-bond donors (Lipinski definition) is 2. The molecule has 0 fully saturated rings. The van der Waals surface area contributed by atoms with Crippen LogP contribution in [0.4, 0.5) is 0 Å². The molecular formula is C17H24N2O4. The van der Waals surface area contributed by atoms with E-state index >= 15 is 0 Å². The lowest BCUT2D eigenvalue weighted by molar-refractivity contribution is -0.135. The predicted molar refractivity (Wildman–Crippen MR) is 87.1 cm³/mol. The van der Waals surface area contributed by atoms with E-state index in [0.717, 1.165) is 6.42 Å². The van der Waals surface area contributed by atoms with Gasteiger partial charge >= 0.3 is 5.97 Å². The summed E-state index contributed by atoms with van der Waals surface area (Å²) < 4.78 is 5.15. The fourth-order valence-corrected chi connectivity index (χ4v) is 1.78. The second kappa shape index (κ2) is 8.31. The van der Waals surface area contributed by atoms with Crippen molar-refractivity contribution in [2.45, 2.75) is 39.5 Å². The summed E-state index contributed by atoms with van der Waals surface area (Å²) in [6.07, 6.45) is 1.01. The molecule has 0 atom stereocenters. The maximum atomic E-state index is 11.7. The molecule has 23 heavy (non-hydrogen) atoms. The first-order chi connectivity index (χ1) is 10.7. The van der Waals surface area contributed by atoms with Crippen LogP contribution in [-0.2, 0) is 19.8 Å². The number of carbonyl (C=O) groups is 3. The Morgan fingerprint density at radius 2 is 1.65 bits per heavy atom. The summed E-state index contributed by atoms with van der Waals surface area (Å²) in [5.41, 5.74) is 1.24. The Morgan fingerprint density at radius 3 is 2.17 bits per heavy atom. The van der Waals surface area contributed by atoms with Crippen molar-refractivity contribution >= 4 is 17.8 Å². The quantitative estimate of drug-likeness (QED) is 0.589. The van der Waals surface area contributed by atoms with Crippen LogP contribution >= 0.6 is 0 Å². The van der Waals surface area contributed by atoms with Gasteiger partial charge in [0.2, 0.25) is 11.8 Å². The van der Waals surface area contributed by atoms with Gasteiger partial charge in [0, 0.05) is 6.92 Å². The minimum Gasteiger partial charge on any atom is -0.425 e. The van der Waals surface area contributed by atoms with Crippen molar-refractivity contribution in [3.63, 3.8) is 0 Å². The highest BCUT2D eigenvalue weighted by Crippen LogP contribution is 2.27. The highest BCUT2D eigenvalue weighted by atomic mass is 16.5. The van der Waals surface area contributed by atoms with Crippen LogP contribution in [0.5, 0.6) is 5.75 Å². The van der Waals surface area contributed by atoms with E-state index in [9.17, 15) is 14.4 Å². The van der Waals surface area contributed by atoms with Gasteiger partial charge in [0.15, 0.2) is 0 Å². The molecule has 0 aliphatic rings. The van der Waals surface area contributed by atoms with Gasteiger partial charge in [0.1, 0.15) is 12.3 Å². The van der Waals surface area contributed by atoms with Gasteiger partial charge in [0.05, 0.1) is 6.54 Å². The van der Waals surface area contributed by atoms with E-state index in [1.54, 1.807) is 12.1 Å². The van der Waals surface area contributed by atoms with Crippen molar-refractivity contribution in [1.82, 2.24) is 10.6 Å². The summed E-state index contributed by atoms with van der Waals surface area (Å²) in [5.74, 6) is -0.888. The van der Waals surface area contributed by atoms with E-state index in [0.29, 0.717) is 5.75 Å². The summed E-state index contributed by atoms with van der Waals surface area (Å²) in [4.78, 5) is 33.7. The molecule has 0 heterocycles.